The fourth-order valence-electron chi connectivity index (χ4n) is 1.03. The number of nitrogens with zero attached hydrogens (tertiary/aromatic N) is 2. The maximum Gasteiger partial charge on any atom is 0.244 e. The summed E-state index contributed by atoms with van der Waals surface area (Å²) >= 11 is 0. The van der Waals surface area contributed by atoms with Gasteiger partial charge in [-0.05, 0) is 6.92 Å². The van der Waals surface area contributed by atoms with E-state index in [0.717, 1.165) is 19.2 Å². The van der Waals surface area contributed by atoms with E-state index in [4.69, 9.17) is 0 Å². The van der Waals surface area contributed by atoms with Crippen LogP contribution in [0.4, 0.5) is 0 Å². The Morgan fingerprint density at radius 1 is 1.41 bits per heavy atom. The van der Waals surface area contributed by atoms with E-state index >= 15 is 0 Å². The zero-order valence-electron chi connectivity index (χ0n) is 9.95. The summed E-state index contributed by atoms with van der Waals surface area (Å²) in [6, 6.07) is 0. The van der Waals surface area contributed by atoms with Crippen molar-refractivity contribution >= 4 is 10.1 Å². The Morgan fingerprint density at radius 2 is 2.06 bits per heavy atom. The molecule has 0 aliphatic carbocycles. The fraction of sp³-hybridized carbons (Fsp3) is 0.364. The van der Waals surface area contributed by atoms with E-state index in [-0.39, 0.29) is 0 Å². The van der Waals surface area contributed by atoms with E-state index in [9.17, 15) is 13.0 Å². The Balaban J connectivity index is 0.000000325. The van der Waals surface area contributed by atoms with Crippen LogP contribution in [0, 0.1) is 0 Å². The van der Waals surface area contributed by atoms with Gasteiger partial charge in [0.25, 0.3) is 0 Å². The molecule has 0 aromatic carbocycles. The Morgan fingerprint density at radius 3 is 2.35 bits per heavy atom. The highest BCUT2D eigenvalue weighted by molar-refractivity contribution is 7.85. The number of aryl methyl sites for hydroxylation is 1. The van der Waals surface area contributed by atoms with E-state index in [1.165, 1.54) is 0 Å². The van der Waals surface area contributed by atoms with Gasteiger partial charge in [-0.25, -0.2) is 17.6 Å². The standard InChI is InChI=1S/C8H13N2.C3H6O3S/c1-3-5-10-7-6-9(4-2)8-10;1-2-3-7(4,5)6/h3,6-8H,1,4-5H2,2H3;2H,1,3H2,(H,4,5,6)/q+1;/p-1. The molecule has 1 aromatic heterocycles. The van der Waals surface area contributed by atoms with Gasteiger partial charge in [-0.1, -0.05) is 18.7 Å². The van der Waals surface area contributed by atoms with Crippen LogP contribution >= 0.6 is 0 Å². The number of aromatic nitrogens is 2. The van der Waals surface area contributed by atoms with Gasteiger partial charge in [-0.15, -0.1) is 6.58 Å². The summed E-state index contributed by atoms with van der Waals surface area (Å²) in [5, 5.41) is 0. The maximum absolute atomic E-state index is 9.60. The average molecular weight is 258 g/mol. The van der Waals surface area contributed by atoms with Crippen LogP contribution in [0.3, 0.4) is 0 Å². The first-order chi connectivity index (χ1) is 7.92. The zero-order valence-corrected chi connectivity index (χ0v) is 10.8. The SMILES string of the molecule is C=CCS(=O)(=O)[O-].C=CC[n+]1ccn(CC)c1. The van der Waals surface area contributed by atoms with E-state index in [2.05, 4.69) is 41.7 Å². The summed E-state index contributed by atoms with van der Waals surface area (Å²) in [6.07, 6.45) is 9.12. The maximum atomic E-state index is 9.60. The monoisotopic (exact) mass is 258 g/mol. The van der Waals surface area contributed by atoms with E-state index < -0.39 is 15.9 Å². The second-order valence-corrected chi connectivity index (χ2v) is 4.69. The van der Waals surface area contributed by atoms with Crippen molar-refractivity contribution in [1.29, 1.82) is 0 Å². The van der Waals surface area contributed by atoms with E-state index in [0.29, 0.717) is 0 Å². The second-order valence-electron chi connectivity index (χ2n) is 3.24. The van der Waals surface area contributed by atoms with Crippen molar-refractivity contribution in [2.24, 2.45) is 0 Å². The topological polar surface area (TPSA) is 66.0 Å². The highest BCUT2D eigenvalue weighted by Gasteiger charge is 1.96. The molecule has 96 valence electrons. The molecule has 0 spiro atoms. The minimum absolute atomic E-state index is 0.479. The molecule has 0 unspecified atom stereocenters. The van der Waals surface area contributed by atoms with Crippen molar-refractivity contribution in [1.82, 2.24) is 4.57 Å². The third kappa shape index (κ3) is 8.41. The lowest BCUT2D eigenvalue weighted by molar-refractivity contribution is -0.686. The Bertz CT molecular complexity index is 449. The summed E-state index contributed by atoms with van der Waals surface area (Å²) < 4.78 is 33.0. The van der Waals surface area contributed by atoms with Gasteiger partial charge in [0.15, 0.2) is 0 Å². The van der Waals surface area contributed by atoms with Gasteiger partial charge in [0.1, 0.15) is 18.9 Å². The Hall–Kier alpha value is -1.40. The molecule has 0 saturated heterocycles. The summed E-state index contributed by atoms with van der Waals surface area (Å²) in [5.74, 6) is -0.479. The number of hydrogen-bond acceptors (Lipinski definition) is 3. The van der Waals surface area contributed by atoms with Crippen molar-refractivity contribution in [3.63, 3.8) is 0 Å². The van der Waals surface area contributed by atoms with Crippen molar-refractivity contribution < 1.29 is 17.5 Å². The summed E-state index contributed by atoms with van der Waals surface area (Å²) in [4.78, 5) is 0. The van der Waals surface area contributed by atoms with Crippen LogP contribution in [-0.4, -0.2) is 23.3 Å². The zero-order chi connectivity index (χ0) is 13.3. The van der Waals surface area contributed by atoms with Gasteiger partial charge in [-0.2, -0.15) is 0 Å². The first-order valence-corrected chi connectivity index (χ1v) is 6.70. The van der Waals surface area contributed by atoms with Crippen LogP contribution in [-0.2, 0) is 23.2 Å². The van der Waals surface area contributed by atoms with Crippen molar-refractivity contribution in [3.8, 4) is 0 Å². The van der Waals surface area contributed by atoms with Crippen LogP contribution in [0.15, 0.2) is 44.0 Å². The van der Waals surface area contributed by atoms with Crippen LogP contribution in [0.1, 0.15) is 6.92 Å². The van der Waals surface area contributed by atoms with E-state index in [1.54, 1.807) is 0 Å². The molecule has 6 heteroatoms. The molecule has 0 fully saturated rings. The number of rotatable bonds is 5. The van der Waals surface area contributed by atoms with Gasteiger partial charge >= 0.3 is 0 Å². The summed E-state index contributed by atoms with van der Waals surface area (Å²) in [7, 11) is -4.04. The van der Waals surface area contributed by atoms with Crippen molar-refractivity contribution in [2.75, 3.05) is 5.75 Å². The van der Waals surface area contributed by atoms with E-state index in [1.807, 2.05) is 12.3 Å². The number of imidazole rings is 1. The van der Waals surface area contributed by atoms with Crippen LogP contribution in [0.25, 0.3) is 0 Å². The summed E-state index contributed by atoms with van der Waals surface area (Å²) in [5.41, 5.74) is 0. The molecule has 0 saturated carbocycles. The molecule has 0 N–H and O–H groups in total. The molecule has 0 atom stereocenters. The highest BCUT2D eigenvalue weighted by Crippen LogP contribution is 1.82. The Labute approximate surface area is 102 Å². The van der Waals surface area contributed by atoms with Crippen molar-refractivity contribution in [3.05, 3.63) is 44.0 Å². The lowest BCUT2D eigenvalue weighted by Crippen LogP contribution is -2.29. The predicted octanol–water partition coefficient (Wildman–Crippen LogP) is 0.699. The quantitative estimate of drug-likeness (QED) is 0.443. The second kappa shape index (κ2) is 7.81. The minimum atomic E-state index is -4.04. The smallest absolute Gasteiger partial charge is 0.244 e. The molecule has 1 rings (SSSR count). The van der Waals surface area contributed by atoms with Crippen LogP contribution in [0.5, 0.6) is 0 Å². The normalized spacial score (nSPS) is 10.2. The summed E-state index contributed by atoms with van der Waals surface area (Å²) in [6.45, 7) is 10.8. The fourth-order valence-corrected chi connectivity index (χ4v) is 1.32. The lowest BCUT2D eigenvalue weighted by atomic mass is 10.6. The third-order valence-electron chi connectivity index (χ3n) is 1.77. The lowest BCUT2D eigenvalue weighted by Gasteiger charge is -1.98. The van der Waals surface area contributed by atoms with Crippen molar-refractivity contribution in [2.45, 2.75) is 20.0 Å². The first kappa shape index (κ1) is 15.6. The third-order valence-corrected chi connectivity index (χ3v) is 2.42. The predicted molar refractivity (Wildman–Crippen MR) is 65.3 cm³/mol. The molecule has 0 bridgehead atoms. The molecule has 0 aliphatic heterocycles. The molecular weight excluding hydrogens is 240 g/mol. The van der Waals surface area contributed by atoms with Gasteiger partial charge in [-0.3, -0.25) is 0 Å². The number of allylic oxidation sites excluding steroid dienone is 1. The Kier molecular flexibility index (Phi) is 7.16. The first-order valence-electron chi connectivity index (χ1n) is 5.13. The van der Waals surface area contributed by atoms with Gasteiger partial charge in [0.2, 0.25) is 6.33 Å². The van der Waals surface area contributed by atoms with Gasteiger partial charge in [0, 0.05) is 0 Å². The largest absolute Gasteiger partial charge is 0.748 e. The van der Waals surface area contributed by atoms with Crippen LogP contribution in [0.2, 0.25) is 0 Å². The molecule has 17 heavy (non-hydrogen) atoms. The van der Waals surface area contributed by atoms with Gasteiger partial charge < -0.3 is 4.55 Å². The molecule has 1 aromatic rings. The molecular formula is C11H18N2O3S. The minimum Gasteiger partial charge on any atom is -0.748 e. The molecule has 1 heterocycles. The molecule has 5 nitrogen and oxygen atoms in total. The van der Waals surface area contributed by atoms with Crippen LogP contribution < -0.4 is 4.57 Å². The van der Waals surface area contributed by atoms with Gasteiger partial charge in [0.05, 0.1) is 22.4 Å². The molecule has 0 radical (unpaired) electrons. The molecule has 0 amide bonds. The number of hydrogen-bond donors (Lipinski definition) is 0. The molecule has 0 aliphatic rings. The average Bonchev–Trinajstić information content (AvgIpc) is 2.65. The highest BCUT2D eigenvalue weighted by atomic mass is 32.2.